The summed E-state index contributed by atoms with van der Waals surface area (Å²) < 4.78 is 5.07. The fourth-order valence-electron chi connectivity index (χ4n) is 1.23. The first kappa shape index (κ1) is 13.3. The van der Waals surface area contributed by atoms with Crippen LogP contribution >= 0.6 is 0 Å². The summed E-state index contributed by atoms with van der Waals surface area (Å²) in [6.45, 7) is 1.53. The Morgan fingerprint density at radius 2 is 2.12 bits per heavy atom. The van der Waals surface area contributed by atoms with Gasteiger partial charge in [0.05, 0.1) is 18.8 Å². The van der Waals surface area contributed by atoms with Crippen LogP contribution < -0.4 is 11.1 Å². The smallest absolute Gasteiger partial charge is 0.255 e. The molecule has 1 aromatic rings. The Bertz CT molecular complexity index is 382. The molecule has 0 heterocycles. The van der Waals surface area contributed by atoms with Crippen molar-refractivity contribution in [3.8, 4) is 11.5 Å². The number of nitrogens with two attached hydrogens (primary N) is 1. The Labute approximate surface area is 99.0 Å². The van der Waals surface area contributed by atoms with Crippen molar-refractivity contribution in [2.45, 2.75) is 0 Å². The number of phenols is 2. The normalized spacial score (nSPS) is 10.2. The number of phenolic OH excluding ortho intramolecular Hbond substituents is 2. The lowest BCUT2D eigenvalue weighted by molar-refractivity contribution is 0.0916. The zero-order valence-corrected chi connectivity index (χ0v) is 9.35. The molecule has 5 N–H and O–H groups in total. The molecule has 0 fully saturated rings. The van der Waals surface area contributed by atoms with Crippen LogP contribution in [0.3, 0.4) is 0 Å². The monoisotopic (exact) mass is 240 g/mol. The summed E-state index contributed by atoms with van der Waals surface area (Å²) in [6.07, 6.45) is 0. The van der Waals surface area contributed by atoms with Crippen molar-refractivity contribution >= 4 is 5.91 Å². The van der Waals surface area contributed by atoms with Gasteiger partial charge in [0.25, 0.3) is 5.91 Å². The van der Waals surface area contributed by atoms with Gasteiger partial charge in [0.15, 0.2) is 11.5 Å². The molecule has 0 bridgehead atoms. The van der Waals surface area contributed by atoms with Gasteiger partial charge in [0.2, 0.25) is 0 Å². The molecule has 0 spiro atoms. The predicted octanol–water partition coefficient (Wildman–Crippen LogP) is -0.197. The number of benzene rings is 1. The summed E-state index contributed by atoms with van der Waals surface area (Å²) in [6, 6.07) is 4.20. The third-order valence-electron chi connectivity index (χ3n) is 2.05. The van der Waals surface area contributed by atoms with Gasteiger partial charge in [-0.3, -0.25) is 4.79 Å². The molecule has 6 nitrogen and oxygen atoms in total. The Kier molecular flexibility index (Phi) is 5.25. The van der Waals surface area contributed by atoms with Crippen molar-refractivity contribution in [2.75, 3.05) is 26.3 Å². The van der Waals surface area contributed by atoms with E-state index in [9.17, 15) is 15.0 Å². The number of nitrogens with one attached hydrogen (secondary N) is 1. The van der Waals surface area contributed by atoms with Crippen molar-refractivity contribution in [3.05, 3.63) is 23.8 Å². The minimum absolute atomic E-state index is 0.0313. The molecule has 0 radical (unpaired) electrons. The number of para-hydroxylation sites is 1. The van der Waals surface area contributed by atoms with Crippen LogP contribution in [0.15, 0.2) is 18.2 Å². The molecule has 0 saturated carbocycles. The maximum Gasteiger partial charge on any atom is 0.255 e. The van der Waals surface area contributed by atoms with Gasteiger partial charge >= 0.3 is 0 Å². The molecule has 1 aromatic carbocycles. The standard InChI is InChI=1S/C11H16N2O4/c12-4-6-17-7-5-13-11(16)8-2-1-3-9(14)10(8)15/h1-3,14-15H,4-7,12H2,(H,13,16). The van der Waals surface area contributed by atoms with E-state index in [0.29, 0.717) is 26.3 Å². The van der Waals surface area contributed by atoms with Gasteiger partial charge in [-0.05, 0) is 12.1 Å². The van der Waals surface area contributed by atoms with Gasteiger partial charge in [-0.15, -0.1) is 0 Å². The van der Waals surface area contributed by atoms with Crippen molar-refractivity contribution in [3.63, 3.8) is 0 Å². The van der Waals surface area contributed by atoms with Crippen molar-refractivity contribution in [1.29, 1.82) is 0 Å². The van der Waals surface area contributed by atoms with Crippen LogP contribution in [0.1, 0.15) is 10.4 Å². The second-order valence-electron chi connectivity index (χ2n) is 3.33. The maximum atomic E-state index is 11.6. The van der Waals surface area contributed by atoms with E-state index in [2.05, 4.69) is 5.32 Å². The zero-order valence-electron chi connectivity index (χ0n) is 9.35. The van der Waals surface area contributed by atoms with Crippen LogP contribution in [0.5, 0.6) is 11.5 Å². The fraction of sp³-hybridized carbons (Fsp3) is 0.364. The van der Waals surface area contributed by atoms with Crippen molar-refractivity contribution < 1.29 is 19.7 Å². The highest BCUT2D eigenvalue weighted by Gasteiger charge is 2.12. The van der Waals surface area contributed by atoms with Crippen LogP contribution in [0.4, 0.5) is 0 Å². The molecule has 0 aromatic heterocycles. The summed E-state index contributed by atoms with van der Waals surface area (Å²) in [5.74, 6) is -1.21. The second kappa shape index (κ2) is 6.72. The molecule has 0 saturated heterocycles. The lowest BCUT2D eigenvalue weighted by Crippen LogP contribution is -2.27. The van der Waals surface area contributed by atoms with E-state index in [-0.39, 0.29) is 11.3 Å². The molecule has 6 heteroatoms. The molecular weight excluding hydrogens is 224 g/mol. The topological polar surface area (TPSA) is 105 Å². The molecule has 1 amide bonds. The summed E-state index contributed by atoms with van der Waals surface area (Å²) in [7, 11) is 0. The van der Waals surface area contributed by atoms with E-state index >= 15 is 0 Å². The predicted molar refractivity (Wildman–Crippen MR) is 62.0 cm³/mol. The molecule has 0 aliphatic heterocycles. The number of carbonyl (C=O) groups excluding carboxylic acids is 1. The quantitative estimate of drug-likeness (QED) is 0.407. The van der Waals surface area contributed by atoms with Crippen LogP contribution in [-0.2, 0) is 4.74 Å². The van der Waals surface area contributed by atoms with E-state index in [0.717, 1.165) is 0 Å². The summed E-state index contributed by atoms with van der Waals surface area (Å²) in [5, 5.41) is 21.2. The van der Waals surface area contributed by atoms with Crippen LogP contribution in [0.25, 0.3) is 0 Å². The zero-order chi connectivity index (χ0) is 12.7. The molecule has 0 unspecified atom stereocenters. The largest absolute Gasteiger partial charge is 0.504 e. The highest BCUT2D eigenvalue weighted by atomic mass is 16.5. The van der Waals surface area contributed by atoms with Crippen LogP contribution in [0.2, 0.25) is 0 Å². The lowest BCUT2D eigenvalue weighted by Gasteiger charge is -2.07. The Morgan fingerprint density at radius 1 is 1.35 bits per heavy atom. The van der Waals surface area contributed by atoms with Crippen molar-refractivity contribution in [2.24, 2.45) is 5.73 Å². The summed E-state index contributed by atoms with van der Waals surface area (Å²) >= 11 is 0. The SMILES string of the molecule is NCCOCCNC(=O)c1cccc(O)c1O. The Hall–Kier alpha value is -1.79. The number of hydrogen-bond donors (Lipinski definition) is 4. The molecule has 17 heavy (non-hydrogen) atoms. The number of hydrogen-bond acceptors (Lipinski definition) is 5. The first-order valence-corrected chi connectivity index (χ1v) is 5.23. The van der Waals surface area contributed by atoms with Gasteiger partial charge in [0.1, 0.15) is 0 Å². The third kappa shape index (κ3) is 3.93. The highest BCUT2D eigenvalue weighted by Crippen LogP contribution is 2.27. The molecule has 94 valence electrons. The van der Waals surface area contributed by atoms with E-state index in [4.69, 9.17) is 10.5 Å². The molecule has 0 aliphatic carbocycles. The number of ether oxygens (including phenoxy) is 1. The van der Waals surface area contributed by atoms with E-state index in [1.165, 1.54) is 18.2 Å². The number of amides is 1. The number of carbonyl (C=O) groups is 1. The molecule has 1 rings (SSSR count). The van der Waals surface area contributed by atoms with Gasteiger partial charge in [0, 0.05) is 13.1 Å². The third-order valence-corrected chi connectivity index (χ3v) is 2.05. The molecule has 0 aliphatic rings. The molecule has 0 atom stereocenters. The minimum Gasteiger partial charge on any atom is -0.504 e. The Balaban J connectivity index is 2.44. The summed E-state index contributed by atoms with van der Waals surface area (Å²) in [4.78, 5) is 11.6. The average Bonchev–Trinajstić information content (AvgIpc) is 2.32. The van der Waals surface area contributed by atoms with Gasteiger partial charge in [-0.1, -0.05) is 6.07 Å². The fourth-order valence-corrected chi connectivity index (χ4v) is 1.23. The van der Waals surface area contributed by atoms with E-state index in [1.807, 2.05) is 0 Å². The van der Waals surface area contributed by atoms with E-state index < -0.39 is 11.7 Å². The maximum absolute atomic E-state index is 11.6. The second-order valence-corrected chi connectivity index (χ2v) is 3.33. The van der Waals surface area contributed by atoms with E-state index in [1.54, 1.807) is 0 Å². The average molecular weight is 240 g/mol. The number of rotatable bonds is 6. The van der Waals surface area contributed by atoms with Crippen LogP contribution in [0, 0.1) is 0 Å². The highest BCUT2D eigenvalue weighted by molar-refractivity contribution is 5.97. The van der Waals surface area contributed by atoms with Crippen molar-refractivity contribution in [1.82, 2.24) is 5.32 Å². The first-order valence-electron chi connectivity index (χ1n) is 5.23. The van der Waals surface area contributed by atoms with Gasteiger partial charge < -0.3 is 26.0 Å². The minimum atomic E-state index is -0.463. The van der Waals surface area contributed by atoms with Gasteiger partial charge in [-0.2, -0.15) is 0 Å². The van der Waals surface area contributed by atoms with Gasteiger partial charge in [-0.25, -0.2) is 0 Å². The Morgan fingerprint density at radius 3 is 2.82 bits per heavy atom. The number of aromatic hydroxyl groups is 2. The molecular formula is C11H16N2O4. The first-order chi connectivity index (χ1) is 8.16. The summed E-state index contributed by atoms with van der Waals surface area (Å²) in [5.41, 5.74) is 5.26. The van der Waals surface area contributed by atoms with Crippen LogP contribution in [-0.4, -0.2) is 42.4 Å². The lowest BCUT2D eigenvalue weighted by atomic mass is 10.1.